The summed E-state index contributed by atoms with van der Waals surface area (Å²) in [5.74, 6) is 1.25. The first-order chi connectivity index (χ1) is 21.3. The van der Waals surface area contributed by atoms with Crippen molar-refractivity contribution >= 4 is 29.3 Å². The van der Waals surface area contributed by atoms with Crippen molar-refractivity contribution in [2.45, 2.75) is 32.7 Å². The number of ether oxygens (including phenoxy) is 5. The molecule has 11 nitrogen and oxygen atoms in total. The van der Waals surface area contributed by atoms with Gasteiger partial charge in [0.2, 0.25) is 0 Å². The first kappa shape index (κ1) is 30.9. The molecule has 2 aliphatic heterocycles. The summed E-state index contributed by atoms with van der Waals surface area (Å²) in [6, 6.07) is 9.60. The van der Waals surface area contributed by atoms with Crippen molar-refractivity contribution in [3.05, 3.63) is 78.5 Å². The number of hydrogen-bond acceptors (Lipinski definition) is 10. The van der Waals surface area contributed by atoms with Crippen LogP contribution in [0, 0.1) is 0 Å². The van der Waals surface area contributed by atoms with E-state index in [1.54, 1.807) is 68.3 Å². The minimum atomic E-state index is -0.865. The second-order valence-corrected chi connectivity index (χ2v) is 11.2. The van der Waals surface area contributed by atoms with Crippen LogP contribution in [-0.2, 0) is 14.3 Å². The van der Waals surface area contributed by atoms with Gasteiger partial charge in [0.25, 0.3) is 11.5 Å². The number of esters is 1. The highest BCUT2D eigenvalue weighted by Gasteiger charge is 2.35. The van der Waals surface area contributed by atoms with E-state index in [9.17, 15) is 14.4 Å². The Balaban J connectivity index is 1.56. The average molecular weight is 622 g/mol. The summed E-state index contributed by atoms with van der Waals surface area (Å²) in [7, 11) is 4.59. The number of amides is 1. The first-order valence-corrected chi connectivity index (χ1v) is 15.1. The Kier molecular flexibility index (Phi) is 9.38. The third-order valence-electron chi connectivity index (χ3n) is 7.54. The summed E-state index contributed by atoms with van der Waals surface area (Å²) in [5, 5.41) is 0. The molecular weight excluding hydrogens is 586 g/mol. The van der Waals surface area contributed by atoms with E-state index >= 15 is 0 Å². The summed E-state index contributed by atoms with van der Waals surface area (Å²) in [5.41, 5.74) is 1.58. The Labute approximate surface area is 258 Å². The van der Waals surface area contributed by atoms with Gasteiger partial charge in [-0.05, 0) is 68.7 Å². The van der Waals surface area contributed by atoms with E-state index in [-0.39, 0.29) is 30.3 Å². The second-order valence-electron chi connectivity index (χ2n) is 10.2. The number of carbonyl (C=O) groups excluding carboxylic acids is 2. The second kappa shape index (κ2) is 13.4. The molecule has 1 saturated heterocycles. The average Bonchev–Trinajstić information content (AvgIpc) is 3.67. The molecule has 0 bridgehead atoms. The Morgan fingerprint density at radius 1 is 1.00 bits per heavy atom. The van der Waals surface area contributed by atoms with Crippen LogP contribution in [0.15, 0.2) is 57.5 Å². The van der Waals surface area contributed by atoms with E-state index in [2.05, 4.69) is 4.99 Å². The molecule has 3 heterocycles. The number of fused-ring (bicyclic) bond motifs is 1. The topological polar surface area (TPSA) is 118 Å². The van der Waals surface area contributed by atoms with Crippen molar-refractivity contribution in [2.24, 2.45) is 4.99 Å². The SMILES string of the molecule is CCOC(=O)C1=C(C)N=c2s/c(=C/c3ccc(OCC(=O)N4CCCC4)c(OC)c3)c(=O)n2[C@@H]1c1cc(OC)ccc1OC. The largest absolute Gasteiger partial charge is 0.497 e. The van der Waals surface area contributed by atoms with Gasteiger partial charge in [-0.3, -0.25) is 14.2 Å². The molecule has 232 valence electrons. The van der Waals surface area contributed by atoms with Gasteiger partial charge in [0.1, 0.15) is 17.5 Å². The van der Waals surface area contributed by atoms with Crippen LogP contribution in [0.2, 0.25) is 0 Å². The molecular formula is C32H35N3O8S. The predicted octanol–water partition coefficient (Wildman–Crippen LogP) is 2.83. The number of likely N-dealkylation sites (tertiary alicyclic amines) is 1. The Bertz CT molecular complexity index is 1790. The molecule has 1 atom stereocenters. The summed E-state index contributed by atoms with van der Waals surface area (Å²) >= 11 is 1.20. The fraction of sp³-hybridized carbons (Fsp3) is 0.375. The van der Waals surface area contributed by atoms with E-state index in [0.717, 1.165) is 25.9 Å². The van der Waals surface area contributed by atoms with Gasteiger partial charge in [-0.2, -0.15) is 0 Å². The minimum absolute atomic E-state index is 0.0607. The fourth-order valence-electron chi connectivity index (χ4n) is 5.38. The number of aromatic nitrogens is 1. The van der Waals surface area contributed by atoms with Gasteiger partial charge in [0.05, 0.1) is 43.7 Å². The lowest BCUT2D eigenvalue weighted by Crippen LogP contribution is -2.40. The normalized spacial score (nSPS) is 16.3. The number of hydrogen-bond donors (Lipinski definition) is 0. The molecule has 0 radical (unpaired) electrons. The number of rotatable bonds is 10. The Morgan fingerprint density at radius 3 is 2.41 bits per heavy atom. The van der Waals surface area contributed by atoms with E-state index < -0.39 is 12.0 Å². The van der Waals surface area contributed by atoms with Crippen molar-refractivity contribution < 1.29 is 33.3 Å². The van der Waals surface area contributed by atoms with Gasteiger partial charge >= 0.3 is 5.97 Å². The van der Waals surface area contributed by atoms with Crippen molar-refractivity contribution in [3.8, 4) is 23.0 Å². The molecule has 0 N–H and O–H groups in total. The summed E-state index contributed by atoms with van der Waals surface area (Å²) in [4.78, 5) is 46.6. The molecule has 1 amide bonds. The van der Waals surface area contributed by atoms with Gasteiger partial charge < -0.3 is 28.6 Å². The third-order valence-corrected chi connectivity index (χ3v) is 8.53. The van der Waals surface area contributed by atoms with E-state index in [0.29, 0.717) is 49.2 Å². The lowest BCUT2D eigenvalue weighted by molar-refractivity contribution is -0.139. The van der Waals surface area contributed by atoms with Gasteiger partial charge in [-0.1, -0.05) is 17.4 Å². The Hall–Kier alpha value is -4.58. The van der Waals surface area contributed by atoms with Crippen LogP contribution in [0.1, 0.15) is 43.9 Å². The molecule has 12 heteroatoms. The number of carbonyl (C=O) groups is 2. The van der Waals surface area contributed by atoms with Crippen molar-refractivity contribution in [3.63, 3.8) is 0 Å². The quantitative estimate of drug-likeness (QED) is 0.318. The molecule has 0 spiro atoms. The number of benzene rings is 2. The molecule has 0 aliphatic carbocycles. The van der Waals surface area contributed by atoms with E-state index in [1.807, 2.05) is 0 Å². The van der Waals surface area contributed by atoms with Gasteiger partial charge in [-0.25, -0.2) is 9.79 Å². The van der Waals surface area contributed by atoms with Crippen LogP contribution in [0.3, 0.4) is 0 Å². The lowest BCUT2D eigenvalue weighted by atomic mass is 9.94. The highest BCUT2D eigenvalue weighted by atomic mass is 32.1. The standard InChI is InChI=1S/C32H35N3O8S/c1-6-42-31(38)28-19(2)33-32-35(29(28)22-17-21(39-3)10-12-23(22)40-4)30(37)26(44-32)16-20-9-11-24(25(15-20)41-5)43-18-27(36)34-13-7-8-14-34/h9-12,15-17,29H,6-8,13-14,18H2,1-5H3/b26-16+/t29-/m1/s1. The molecule has 3 aromatic rings. The molecule has 2 aliphatic rings. The number of allylic oxidation sites excluding steroid dienone is 1. The maximum Gasteiger partial charge on any atom is 0.338 e. The van der Waals surface area contributed by atoms with Crippen LogP contribution < -0.4 is 33.8 Å². The highest BCUT2D eigenvalue weighted by molar-refractivity contribution is 7.07. The van der Waals surface area contributed by atoms with Crippen molar-refractivity contribution in [2.75, 3.05) is 47.6 Å². The van der Waals surface area contributed by atoms with E-state index in [1.165, 1.54) is 30.1 Å². The van der Waals surface area contributed by atoms with Crippen LogP contribution >= 0.6 is 11.3 Å². The first-order valence-electron chi connectivity index (χ1n) is 14.3. The zero-order valence-corrected chi connectivity index (χ0v) is 26.2. The molecule has 1 aromatic heterocycles. The number of nitrogens with zero attached hydrogens (tertiary/aromatic N) is 3. The van der Waals surface area contributed by atoms with Gasteiger partial charge in [0, 0.05) is 18.7 Å². The van der Waals surface area contributed by atoms with Crippen molar-refractivity contribution in [1.29, 1.82) is 0 Å². The van der Waals surface area contributed by atoms with Crippen LogP contribution in [0.25, 0.3) is 6.08 Å². The van der Waals surface area contributed by atoms with Crippen LogP contribution in [0.5, 0.6) is 23.0 Å². The maximum absolute atomic E-state index is 14.1. The number of thiazole rings is 1. The number of methoxy groups -OCH3 is 3. The van der Waals surface area contributed by atoms with Crippen molar-refractivity contribution in [1.82, 2.24) is 9.47 Å². The molecule has 0 saturated carbocycles. The predicted molar refractivity (Wildman–Crippen MR) is 164 cm³/mol. The molecule has 0 unspecified atom stereocenters. The van der Waals surface area contributed by atoms with Gasteiger partial charge in [-0.15, -0.1) is 0 Å². The molecule has 5 rings (SSSR count). The fourth-order valence-corrected chi connectivity index (χ4v) is 6.43. The molecule has 2 aromatic carbocycles. The summed E-state index contributed by atoms with van der Waals surface area (Å²) in [6.45, 7) is 5.03. The Morgan fingerprint density at radius 2 is 1.73 bits per heavy atom. The van der Waals surface area contributed by atoms with Crippen LogP contribution in [0.4, 0.5) is 0 Å². The lowest BCUT2D eigenvalue weighted by Gasteiger charge is -2.26. The third kappa shape index (κ3) is 6.07. The zero-order valence-electron chi connectivity index (χ0n) is 25.4. The molecule has 1 fully saturated rings. The maximum atomic E-state index is 14.1. The molecule has 44 heavy (non-hydrogen) atoms. The minimum Gasteiger partial charge on any atom is -0.497 e. The van der Waals surface area contributed by atoms with E-state index in [4.69, 9.17) is 23.7 Å². The summed E-state index contributed by atoms with van der Waals surface area (Å²) < 4.78 is 29.7. The van der Waals surface area contributed by atoms with Gasteiger partial charge in [0.15, 0.2) is 22.9 Å². The smallest absolute Gasteiger partial charge is 0.338 e. The summed E-state index contributed by atoms with van der Waals surface area (Å²) in [6.07, 6.45) is 3.74. The zero-order chi connectivity index (χ0) is 31.4. The van der Waals surface area contributed by atoms with Crippen LogP contribution in [-0.4, -0.2) is 69.0 Å². The highest BCUT2D eigenvalue weighted by Crippen LogP contribution is 2.38. The monoisotopic (exact) mass is 621 g/mol.